The number of benzene rings is 1. The zero-order valence-corrected chi connectivity index (χ0v) is 19.8. The summed E-state index contributed by atoms with van der Waals surface area (Å²) in [6.07, 6.45) is 4.90. The third-order valence-electron chi connectivity index (χ3n) is 5.40. The second-order valence-electron chi connectivity index (χ2n) is 8.12. The van der Waals surface area contributed by atoms with Crippen LogP contribution in [0, 0.1) is 18.3 Å². The van der Waals surface area contributed by atoms with Gasteiger partial charge in [-0.1, -0.05) is 36.4 Å². The Morgan fingerprint density at radius 2 is 1.81 bits per heavy atom. The van der Waals surface area contributed by atoms with Crippen LogP contribution in [-0.2, 0) is 6.54 Å². The summed E-state index contributed by atoms with van der Waals surface area (Å²) >= 11 is 0. The summed E-state index contributed by atoms with van der Waals surface area (Å²) in [5, 5.41) is 14.8. The second kappa shape index (κ2) is 10.5. The van der Waals surface area contributed by atoms with Crippen molar-refractivity contribution in [3.05, 3.63) is 102 Å². The molecule has 0 saturated heterocycles. The summed E-state index contributed by atoms with van der Waals surface area (Å²) in [5.74, 6) is 1.34. The Morgan fingerprint density at radius 1 is 0.946 bits per heavy atom. The predicted molar refractivity (Wildman–Crippen MR) is 137 cm³/mol. The fourth-order valence-electron chi connectivity index (χ4n) is 3.58. The molecule has 4 aromatic heterocycles. The van der Waals surface area contributed by atoms with Gasteiger partial charge in [-0.15, -0.1) is 0 Å². The Balaban J connectivity index is 1.23. The third kappa shape index (κ3) is 5.63. The number of hydrogen-bond acceptors (Lipinski definition) is 8. The molecule has 0 spiro atoms. The molecule has 0 radical (unpaired) electrons. The van der Waals surface area contributed by atoms with Crippen molar-refractivity contribution in [2.45, 2.75) is 13.5 Å². The van der Waals surface area contributed by atoms with Crippen molar-refractivity contribution < 1.29 is 4.79 Å². The fourth-order valence-corrected chi connectivity index (χ4v) is 3.58. The lowest BCUT2D eigenvalue weighted by Crippen LogP contribution is -2.23. The number of H-pyrrole nitrogens is 1. The first kappa shape index (κ1) is 23.3. The first-order valence-corrected chi connectivity index (χ1v) is 11.4. The number of anilines is 2. The van der Waals surface area contributed by atoms with E-state index < -0.39 is 0 Å². The largest absolute Gasteiger partial charge is 0.347 e. The zero-order valence-electron chi connectivity index (χ0n) is 19.8. The van der Waals surface area contributed by atoms with Gasteiger partial charge in [0.25, 0.3) is 5.91 Å². The molecule has 37 heavy (non-hydrogen) atoms. The van der Waals surface area contributed by atoms with Crippen molar-refractivity contribution in [2.75, 3.05) is 5.32 Å². The maximum atomic E-state index is 12.6. The maximum absolute atomic E-state index is 12.6. The van der Waals surface area contributed by atoms with Crippen molar-refractivity contribution in [3.63, 3.8) is 0 Å². The number of aromatic amines is 1. The normalized spacial score (nSPS) is 10.5. The molecule has 0 aliphatic carbocycles. The van der Waals surface area contributed by atoms with Crippen LogP contribution in [0.3, 0.4) is 0 Å². The molecule has 0 unspecified atom stereocenters. The number of amides is 1. The Morgan fingerprint density at radius 3 is 2.51 bits per heavy atom. The number of aromatic nitrogens is 6. The highest BCUT2D eigenvalue weighted by atomic mass is 16.1. The highest BCUT2D eigenvalue weighted by Gasteiger charge is 2.11. The summed E-state index contributed by atoms with van der Waals surface area (Å²) in [5.41, 5.74) is 4.47. The van der Waals surface area contributed by atoms with Crippen LogP contribution in [0.1, 0.15) is 27.6 Å². The number of carbonyl (C=O) groups excluding carboxylic acids is 1. The molecule has 5 rings (SSSR count). The number of nitrogens with one attached hydrogen (secondary N) is 3. The van der Waals surface area contributed by atoms with E-state index >= 15 is 0 Å². The van der Waals surface area contributed by atoms with E-state index in [4.69, 9.17) is 5.26 Å². The van der Waals surface area contributed by atoms with Gasteiger partial charge in [-0.2, -0.15) is 5.26 Å². The number of pyridine rings is 2. The molecule has 4 heterocycles. The second-order valence-corrected chi connectivity index (χ2v) is 8.12. The number of nitrogens with zero attached hydrogens (tertiary/aromatic N) is 6. The van der Waals surface area contributed by atoms with E-state index in [-0.39, 0.29) is 17.4 Å². The summed E-state index contributed by atoms with van der Waals surface area (Å²) in [4.78, 5) is 37.2. The minimum atomic E-state index is -0.293. The lowest BCUT2D eigenvalue weighted by atomic mass is 10.1. The molecular weight excluding hydrogens is 466 g/mol. The Kier molecular flexibility index (Phi) is 6.59. The molecule has 10 heteroatoms. The quantitative estimate of drug-likeness (QED) is 0.310. The van der Waals surface area contributed by atoms with E-state index in [9.17, 15) is 4.79 Å². The lowest BCUT2D eigenvalue weighted by Gasteiger charge is -2.08. The van der Waals surface area contributed by atoms with Crippen molar-refractivity contribution in [3.8, 4) is 28.7 Å². The molecular formula is C27H21N9O. The zero-order chi connectivity index (χ0) is 25.6. The van der Waals surface area contributed by atoms with E-state index in [1.165, 1.54) is 0 Å². The van der Waals surface area contributed by atoms with Gasteiger partial charge in [0.15, 0.2) is 11.6 Å². The van der Waals surface area contributed by atoms with Gasteiger partial charge in [-0.25, -0.2) is 15.0 Å². The van der Waals surface area contributed by atoms with Crippen molar-refractivity contribution in [1.82, 2.24) is 35.2 Å². The van der Waals surface area contributed by atoms with Gasteiger partial charge in [0.2, 0.25) is 5.82 Å². The standard InChI is InChI=1S/C27H21N9O/c1-17-11-23(34-25-16-31-24(12-28)35-25)36-26(33-17)20-8-10-22(30-15-20)27(37)32-14-18-7-9-21(29-13-18)19-5-3-2-4-6-19/h2-11,13,15-16H,14H2,1H3,(H,31,35)(H,32,37)(H,33,34,36). The van der Waals surface area contributed by atoms with Crippen molar-refractivity contribution in [2.24, 2.45) is 0 Å². The van der Waals surface area contributed by atoms with E-state index in [2.05, 4.69) is 40.5 Å². The van der Waals surface area contributed by atoms with Crippen molar-refractivity contribution in [1.29, 1.82) is 5.26 Å². The number of carbonyl (C=O) groups is 1. The topological polar surface area (TPSA) is 145 Å². The molecule has 3 N–H and O–H groups in total. The predicted octanol–water partition coefficient (Wildman–Crippen LogP) is 4.18. The number of imidazole rings is 1. The molecule has 10 nitrogen and oxygen atoms in total. The van der Waals surface area contributed by atoms with Gasteiger partial charge >= 0.3 is 0 Å². The van der Waals surface area contributed by atoms with Crippen LogP contribution in [-0.4, -0.2) is 35.8 Å². The minimum absolute atomic E-state index is 0.201. The van der Waals surface area contributed by atoms with Gasteiger partial charge < -0.3 is 15.6 Å². The van der Waals surface area contributed by atoms with Crippen molar-refractivity contribution >= 4 is 17.5 Å². The summed E-state index contributed by atoms with van der Waals surface area (Å²) in [7, 11) is 0. The average molecular weight is 488 g/mol. The third-order valence-corrected chi connectivity index (χ3v) is 5.40. The molecule has 5 aromatic rings. The SMILES string of the molecule is Cc1cc(Nc2c[nH]c(C#N)n2)nc(-c2ccc(C(=O)NCc3ccc(-c4ccccc4)nc3)nc2)n1. The molecule has 180 valence electrons. The molecule has 1 aromatic carbocycles. The first-order chi connectivity index (χ1) is 18.1. The summed E-state index contributed by atoms with van der Waals surface area (Å²) in [6, 6.07) is 20.9. The lowest BCUT2D eigenvalue weighted by molar-refractivity contribution is 0.0946. The fraction of sp³-hybridized carbons (Fsp3) is 0.0741. The molecule has 0 aliphatic rings. The van der Waals surface area contributed by atoms with Gasteiger partial charge in [-0.05, 0) is 30.7 Å². The number of rotatable bonds is 7. The Bertz CT molecular complexity index is 1570. The monoisotopic (exact) mass is 487 g/mol. The molecule has 0 atom stereocenters. The van der Waals surface area contributed by atoms with Crippen LogP contribution in [0.25, 0.3) is 22.6 Å². The average Bonchev–Trinajstić information content (AvgIpc) is 3.40. The highest BCUT2D eigenvalue weighted by Crippen LogP contribution is 2.20. The molecule has 0 bridgehead atoms. The van der Waals surface area contributed by atoms with Crippen LogP contribution in [0.5, 0.6) is 0 Å². The van der Waals surface area contributed by atoms with Gasteiger partial charge in [0.1, 0.15) is 17.6 Å². The summed E-state index contributed by atoms with van der Waals surface area (Å²) in [6.45, 7) is 2.18. The van der Waals surface area contributed by atoms with Crippen LogP contribution in [0.4, 0.5) is 11.6 Å². The number of nitriles is 1. The van der Waals surface area contributed by atoms with E-state index in [0.29, 0.717) is 29.6 Å². The molecule has 0 fully saturated rings. The number of aryl methyl sites for hydroxylation is 1. The maximum Gasteiger partial charge on any atom is 0.270 e. The first-order valence-electron chi connectivity index (χ1n) is 11.4. The van der Waals surface area contributed by atoms with E-state index in [1.807, 2.05) is 55.5 Å². The Hall–Kier alpha value is -5.43. The molecule has 1 amide bonds. The number of hydrogen-bond donors (Lipinski definition) is 3. The van der Waals surface area contributed by atoms with Crippen LogP contribution in [0.2, 0.25) is 0 Å². The van der Waals surface area contributed by atoms with E-state index in [0.717, 1.165) is 22.5 Å². The molecule has 0 saturated carbocycles. The summed E-state index contributed by atoms with van der Waals surface area (Å²) < 4.78 is 0. The van der Waals surface area contributed by atoms with Crippen LogP contribution >= 0.6 is 0 Å². The molecule has 0 aliphatic heterocycles. The van der Waals surface area contributed by atoms with Gasteiger partial charge in [-0.3, -0.25) is 14.8 Å². The van der Waals surface area contributed by atoms with Crippen LogP contribution < -0.4 is 10.6 Å². The Labute approximate surface area is 212 Å². The van der Waals surface area contributed by atoms with Gasteiger partial charge in [0, 0.05) is 48.0 Å². The van der Waals surface area contributed by atoms with Crippen LogP contribution in [0.15, 0.2) is 79.3 Å². The highest BCUT2D eigenvalue weighted by molar-refractivity contribution is 5.92. The minimum Gasteiger partial charge on any atom is -0.347 e. The van der Waals surface area contributed by atoms with Gasteiger partial charge in [0.05, 0.1) is 5.69 Å². The van der Waals surface area contributed by atoms with E-state index in [1.54, 1.807) is 36.8 Å². The smallest absolute Gasteiger partial charge is 0.270 e.